The summed E-state index contributed by atoms with van der Waals surface area (Å²) in [6, 6.07) is 1.55. The number of ether oxygens (including phenoxy) is 5. The SMILES string of the molecule is CCOC(=O)C(Cc1ccc(O)c(O)c1)NC(=O)C1O[C@@H](O[C@@H]2C(NC(C)=O)[C@H](C)OC(CO)[C@H]2O)C(O)[C@@H](O)[C@@H]1OC. The predicted molar refractivity (Wildman–Crippen MR) is 143 cm³/mol. The number of aliphatic hydroxyl groups excluding tert-OH is 4. The molecule has 0 saturated carbocycles. The first-order valence-corrected chi connectivity index (χ1v) is 13.7. The van der Waals surface area contributed by atoms with Gasteiger partial charge in [-0.2, -0.15) is 0 Å². The lowest BCUT2D eigenvalue weighted by atomic mass is 9.92. The minimum atomic E-state index is -1.80. The number of hydrogen-bond donors (Lipinski definition) is 8. The molecule has 0 radical (unpaired) electrons. The van der Waals surface area contributed by atoms with E-state index < -0.39 is 97.3 Å². The van der Waals surface area contributed by atoms with Gasteiger partial charge in [0.25, 0.3) is 5.91 Å². The van der Waals surface area contributed by atoms with Crippen molar-refractivity contribution in [2.75, 3.05) is 20.3 Å². The topological polar surface area (TPSA) is 243 Å². The Kier molecular flexibility index (Phi) is 12.1. The maximum Gasteiger partial charge on any atom is 0.328 e. The van der Waals surface area contributed by atoms with Crippen LogP contribution in [0.25, 0.3) is 0 Å². The number of hydrogen-bond acceptors (Lipinski definition) is 14. The highest BCUT2D eigenvalue weighted by Gasteiger charge is 2.52. The van der Waals surface area contributed by atoms with Gasteiger partial charge >= 0.3 is 5.97 Å². The zero-order valence-corrected chi connectivity index (χ0v) is 24.2. The van der Waals surface area contributed by atoms with Gasteiger partial charge in [-0.25, -0.2) is 4.79 Å². The molecular formula is C27H40N2O14. The fourth-order valence-corrected chi connectivity index (χ4v) is 5.08. The molecule has 2 heterocycles. The molecule has 3 rings (SSSR count). The van der Waals surface area contributed by atoms with Crippen LogP contribution in [0.15, 0.2) is 18.2 Å². The molecule has 1 aromatic rings. The van der Waals surface area contributed by atoms with Gasteiger partial charge in [-0.15, -0.1) is 0 Å². The Balaban J connectivity index is 1.86. The largest absolute Gasteiger partial charge is 0.504 e. The predicted octanol–water partition coefficient (Wildman–Crippen LogP) is -2.82. The van der Waals surface area contributed by atoms with Gasteiger partial charge in [0.2, 0.25) is 5.91 Å². The summed E-state index contributed by atoms with van der Waals surface area (Å²) in [7, 11) is 1.16. The molecule has 0 aliphatic carbocycles. The van der Waals surface area contributed by atoms with Crippen LogP contribution in [0.5, 0.6) is 11.5 Å². The zero-order chi connectivity index (χ0) is 32.0. The smallest absolute Gasteiger partial charge is 0.328 e. The molecular weight excluding hydrogens is 576 g/mol. The molecule has 16 nitrogen and oxygen atoms in total. The number of amides is 2. The van der Waals surface area contributed by atoms with Crippen molar-refractivity contribution < 1.29 is 68.7 Å². The van der Waals surface area contributed by atoms with E-state index in [1.807, 2.05) is 0 Å². The number of aliphatic hydroxyl groups is 4. The third kappa shape index (κ3) is 8.10. The number of methoxy groups -OCH3 is 1. The third-order valence-electron chi connectivity index (χ3n) is 7.25. The quantitative estimate of drug-likeness (QED) is 0.0924. The second-order valence-corrected chi connectivity index (χ2v) is 10.3. The van der Waals surface area contributed by atoms with Crippen molar-refractivity contribution >= 4 is 17.8 Å². The molecule has 0 spiro atoms. The normalized spacial score (nSPS) is 33.3. The van der Waals surface area contributed by atoms with Crippen molar-refractivity contribution in [2.24, 2.45) is 0 Å². The fraction of sp³-hybridized carbons (Fsp3) is 0.667. The molecule has 242 valence electrons. The van der Waals surface area contributed by atoms with E-state index in [-0.39, 0.29) is 18.8 Å². The highest BCUT2D eigenvalue weighted by molar-refractivity contribution is 5.87. The average molecular weight is 617 g/mol. The summed E-state index contributed by atoms with van der Waals surface area (Å²) in [5.74, 6) is -3.09. The number of aromatic hydroxyl groups is 2. The van der Waals surface area contributed by atoms with Gasteiger partial charge < -0.3 is 65.0 Å². The van der Waals surface area contributed by atoms with Gasteiger partial charge in [0.05, 0.1) is 25.4 Å². The van der Waals surface area contributed by atoms with Crippen LogP contribution in [0.2, 0.25) is 0 Å². The number of nitrogens with one attached hydrogen (secondary N) is 2. The summed E-state index contributed by atoms with van der Waals surface area (Å²) in [5, 5.41) is 66.7. The number of rotatable bonds is 11. The maximum atomic E-state index is 13.5. The van der Waals surface area contributed by atoms with E-state index in [4.69, 9.17) is 23.7 Å². The second kappa shape index (κ2) is 15.1. The van der Waals surface area contributed by atoms with E-state index in [1.54, 1.807) is 13.8 Å². The van der Waals surface area contributed by atoms with Crippen LogP contribution in [-0.4, -0.2) is 136 Å². The van der Waals surface area contributed by atoms with Crippen LogP contribution >= 0.6 is 0 Å². The molecule has 2 amide bonds. The molecule has 2 saturated heterocycles. The van der Waals surface area contributed by atoms with E-state index >= 15 is 0 Å². The standard InChI is InChI=1S/C27H40N2O14/c1-5-40-26(38)14(8-13-6-7-15(32)16(33)9-13)29-25(37)24-23(39-4)20(35)21(36)27(43-24)42-22-18(28-12(3)31)11(2)41-17(10-30)19(22)34/h6-7,9,11,14,17-24,27,30,32-36H,5,8,10H2,1-4H3,(H,28,31)(H,29,37)/t11-,14?,17?,18?,19+,20+,21?,22+,23-,24?,27+/m0/s1. The fourth-order valence-electron chi connectivity index (χ4n) is 5.08. The first kappa shape index (κ1) is 34.4. The van der Waals surface area contributed by atoms with Crippen molar-refractivity contribution in [1.29, 1.82) is 0 Å². The van der Waals surface area contributed by atoms with Gasteiger partial charge in [0.15, 0.2) is 23.9 Å². The van der Waals surface area contributed by atoms with Crippen LogP contribution in [0.4, 0.5) is 0 Å². The van der Waals surface area contributed by atoms with Gasteiger partial charge in [0.1, 0.15) is 42.7 Å². The van der Waals surface area contributed by atoms with Crippen LogP contribution in [0, 0.1) is 0 Å². The van der Waals surface area contributed by atoms with Crippen molar-refractivity contribution in [3.63, 3.8) is 0 Å². The number of phenolic OH excluding ortho intramolecular Hbond substituents is 2. The minimum absolute atomic E-state index is 0.0103. The maximum absolute atomic E-state index is 13.5. The molecule has 2 aliphatic rings. The molecule has 11 atom stereocenters. The number of esters is 1. The van der Waals surface area contributed by atoms with Crippen molar-refractivity contribution in [3.8, 4) is 11.5 Å². The van der Waals surface area contributed by atoms with E-state index in [9.17, 15) is 45.0 Å². The second-order valence-electron chi connectivity index (χ2n) is 10.3. The molecule has 0 aromatic heterocycles. The first-order chi connectivity index (χ1) is 20.3. The van der Waals surface area contributed by atoms with Gasteiger partial charge in [-0.3, -0.25) is 9.59 Å². The Morgan fingerprint density at radius 1 is 1.02 bits per heavy atom. The van der Waals surface area contributed by atoms with Crippen LogP contribution < -0.4 is 10.6 Å². The summed E-state index contributed by atoms with van der Waals surface area (Å²) in [6.45, 7) is 3.75. The summed E-state index contributed by atoms with van der Waals surface area (Å²) in [6.07, 6.45) is -13.3. The molecule has 8 N–H and O–H groups in total. The van der Waals surface area contributed by atoms with Crippen molar-refractivity contribution in [2.45, 2.75) is 94.4 Å². The Morgan fingerprint density at radius 3 is 2.30 bits per heavy atom. The van der Waals surface area contributed by atoms with Gasteiger partial charge in [-0.1, -0.05) is 6.07 Å². The third-order valence-corrected chi connectivity index (χ3v) is 7.25. The van der Waals surface area contributed by atoms with Crippen LogP contribution in [0.3, 0.4) is 0 Å². The van der Waals surface area contributed by atoms with Crippen molar-refractivity contribution in [1.82, 2.24) is 10.6 Å². The Hall–Kier alpha value is -3.09. The summed E-state index contributed by atoms with van der Waals surface area (Å²) < 4.78 is 27.5. The monoisotopic (exact) mass is 616 g/mol. The number of carbonyl (C=O) groups is 3. The molecule has 2 fully saturated rings. The molecule has 0 bridgehead atoms. The number of carbonyl (C=O) groups excluding carboxylic acids is 3. The first-order valence-electron chi connectivity index (χ1n) is 13.7. The van der Waals surface area contributed by atoms with E-state index in [1.165, 1.54) is 25.1 Å². The molecule has 5 unspecified atom stereocenters. The van der Waals surface area contributed by atoms with E-state index in [0.29, 0.717) is 5.56 Å². The molecule has 43 heavy (non-hydrogen) atoms. The molecule has 2 aliphatic heterocycles. The van der Waals surface area contributed by atoms with Crippen molar-refractivity contribution in [3.05, 3.63) is 23.8 Å². The highest BCUT2D eigenvalue weighted by Crippen LogP contribution is 2.30. The van der Waals surface area contributed by atoms with Crippen LogP contribution in [0.1, 0.15) is 26.3 Å². The summed E-state index contributed by atoms with van der Waals surface area (Å²) >= 11 is 0. The van der Waals surface area contributed by atoms with E-state index in [0.717, 1.165) is 7.11 Å². The lowest BCUT2D eigenvalue weighted by molar-refractivity contribution is -0.325. The summed E-state index contributed by atoms with van der Waals surface area (Å²) in [5.41, 5.74) is 0.364. The molecule has 16 heteroatoms. The Morgan fingerprint density at radius 2 is 1.72 bits per heavy atom. The number of phenols is 2. The summed E-state index contributed by atoms with van der Waals surface area (Å²) in [4.78, 5) is 38.1. The lowest BCUT2D eigenvalue weighted by Crippen LogP contribution is -2.68. The minimum Gasteiger partial charge on any atom is -0.504 e. The zero-order valence-electron chi connectivity index (χ0n) is 24.2. The lowest BCUT2D eigenvalue weighted by Gasteiger charge is -2.47. The van der Waals surface area contributed by atoms with Crippen LogP contribution in [-0.2, 0) is 44.5 Å². The van der Waals surface area contributed by atoms with E-state index in [2.05, 4.69) is 10.6 Å². The van der Waals surface area contributed by atoms with Gasteiger partial charge in [0, 0.05) is 20.5 Å². The Labute approximate surface area is 247 Å². The Bertz CT molecular complexity index is 1120. The number of benzene rings is 1. The average Bonchev–Trinajstić information content (AvgIpc) is 2.95. The highest BCUT2D eigenvalue weighted by atomic mass is 16.7. The molecule has 1 aromatic carbocycles. The van der Waals surface area contributed by atoms with Gasteiger partial charge in [-0.05, 0) is 31.5 Å².